The third kappa shape index (κ3) is 2.83. The Hall–Kier alpha value is -0.850. The molecule has 0 bridgehead atoms. The highest BCUT2D eigenvalue weighted by atomic mass is 19.1. The van der Waals surface area contributed by atoms with E-state index in [-0.39, 0.29) is 12.6 Å². The third-order valence-electron chi connectivity index (χ3n) is 2.50. The molecule has 0 aliphatic carbocycles. The molecule has 0 aromatic heterocycles. The summed E-state index contributed by atoms with van der Waals surface area (Å²) < 4.78 is 12.5. The minimum Gasteiger partial charge on any atom is -0.250 e. The lowest BCUT2D eigenvalue weighted by Crippen LogP contribution is -1.98. The first-order valence-corrected chi connectivity index (χ1v) is 5.33. The molecule has 1 atom stereocenters. The summed E-state index contributed by atoms with van der Waals surface area (Å²) in [6.07, 6.45) is 2.24. The fraction of sp³-hybridized carbons (Fsp3) is 0.538. The van der Waals surface area contributed by atoms with Crippen molar-refractivity contribution in [3.63, 3.8) is 0 Å². The zero-order valence-electron chi connectivity index (χ0n) is 9.31. The molecule has 1 rings (SSSR count). The molecule has 14 heavy (non-hydrogen) atoms. The van der Waals surface area contributed by atoms with Crippen LogP contribution in [0.2, 0.25) is 0 Å². The quantitative estimate of drug-likeness (QED) is 0.679. The summed E-state index contributed by atoms with van der Waals surface area (Å²) in [5.74, 6) is 0.0329. The molecule has 0 nitrogen and oxygen atoms in total. The summed E-state index contributed by atoms with van der Waals surface area (Å²) in [6.45, 7) is 5.91. The first-order valence-electron chi connectivity index (χ1n) is 5.33. The number of aryl methyl sites for hydroxylation is 2. The van der Waals surface area contributed by atoms with Crippen LogP contribution in [-0.4, -0.2) is 6.67 Å². The van der Waals surface area contributed by atoms with Crippen molar-refractivity contribution < 1.29 is 4.39 Å². The van der Waals surface area contributed by atoms with Crippen molar-refractivity contribution in [2.24, 2.45) is 0 Å². The molecule has 1 unspecified atom stereocenters. The average molecular weight is 194 g/mol. The van der Waals surface area contributed by atoms with E-state index in [9.17, 15) is 4.39 Å². The SMILES string of the molecule is CCCc1cc(C)cc(C(C)CF)c1. The van der Waals surface area contributed by atoms with Gasteiger partial charge in [-0.3, -0.25) is 4.39 Å². The Kier molecular flexibility index (Phi) is 4.12. The van der Waals surface area contributed by atoms with Crippen molar-refractivity contribution in [3.05, 3.63) is 34.9 Å². The number of benzene rings is 1. The number of alkyl halides is 1. The molecule has 1 aromatic rings. The van der Waals surface area contributed by atoms with Crippen LogP contribution in [-0.2, 0) is 6.42 Å². The number of halogens is 1. The van der Waals surface area contributed by atoms with E-state index in [2.05, 4.69) is 32.0 Å². The molecule has 0 radical (unpaired) electrons. The molecule has 0 heterocycles. The van der Waals surface area contributed by atoms with Crippen LogP contribution in [0.3, 0.4) is 0 Å². The van der Waals surface area contributed by atoms with Gasteiger partial charge in [0, 0.05) is 5.92 Å². The van der Waals surface area contributed by atoms with Crippen molar-refractivity contribution >= 4 is 0 Å². The highest BCUT2D eigenvalue weighted by Crippen LogP contribution is 2.20. The average Bonchev–Trinajstić information content (AvgIpc) is 2.16. The van der Waals surface area contributed by atoms with E-state index in [4.69, 9.17) is 0 Å². The van der Waals surface area contributed by atoms with Gasteiger partial charge in [0.15, 0.2) is 0 Å². The van der Waals surface area contributed by atoms with Gasteiger partial charge in [-0.1, -0.05) is 44.0 Å². The summed E-state index contributed by atoms with van der Waals surface area (Å²) in [7, 11) is 0. The van der Waals surface area contributed by atoms with Crippen LogP contribution in [0.4, 0.5) is 4.39 Å². The largest absolute Gasteiger partial charge is 0.250 e. The highest BCUT2D eigenvalue weighted by molar-refractivity contribution is 5.31. The molecule has 0 aliphatic rings. The van der Waals surface area contributed by atoms with Crippen LogP contribution in [0.25, 0.3) is 0 Å². The minimum absolute atomic E-state index is 0.0329. The zero-order valence-corrected chi connectivity index (χ0v) is 9.31. The first-order chi connectivity index (χ1) is 6.67. The number of hydrogen-bond donors (Lipinski definition) is 0. The lowest BCUT2D eigenvalue weighted by Gasteiger charge is -2.10. The molecule has 1 aromatic carbocycles. The minimum atomic E-state index is -0.269. The monoisotopic (exact) mass is 194 g/mol. The molecule has 78 valence electrons. The topological polar surface area (TPSA) is 0 Å². The summed E-state index contributed by atoms with van der Waals surface area (Å²) >= 11 is 0. The molecule has 0 aliphatic heterocycles. The molecule has 0 saturated carbocycles. The molecule has 0 N–H and O–H groups in total. The van der Waals surface area contributed by atoms with Crippen LogP contribution >= 0.6 is 0 Å². The van der Waals surface area contributed by atoms with Crippen molar-refractivity contribution in [2.75, 3.05) is 6.67 Å². The summed E-state index contributed by atoms with van der Waals surface area (Å²) in [4.78, 5) is 0. The van der Waals surface area contributed by atoms with Crippen LogP contribution in [0, 0.1) is 6.92 Å². The standard InChI is InChI=1S/C13H19F/c1-4-5-12-6-10(2)7-13(8-12)11(3)9-14/h6-8,11H,4-5,9H2,1-3H3. The second-order valence-electron chi connectivity index (χ2n) is 4.06. The lowest BCUT2D eigenvalue weighted by atomic mass is 9.96. The molecule has 0 fully saturated rings. The van der Waals surface area contributed by atoms with Gasteiger partial charge < -0.3 is 0 Å². The molecular weight excluding hydrogens is 175 g/mol. The van der Waals surface area contributed by atoms with Crippen molar-refractivity contribution in [1.82, 2.24) is 0 Å². The second kappa shape index (κ2) is 5.14. The molecule has 0 saturated heterocycles. The van der Waals surface area contributed by atoms with Crippen molar-refractivity contribution in [3.8, 4) is 0 Å². The Bertz CT molecular complexity index is 291. The number of rotatable bonds is 4. The van der Waals surface area contributed by atoms with Gasteiger partial charge in [-0.15, -0.1) is 0 Å². The molecule has 1 heteroatoms. The van der Waals surface area contributed by atoms with E-state index < -0.39 is 0 Å². The van der Waals surface area contributed by atoms with Gasteiger partial charge in [0.1, 0.15) is 0 Å². The maximum Gasteiger partial charge on any atom is 0.0960 e. The van der Waals surface area contributed by atoms with Crippen LogP contribution < -0.4 is 0 Å². The maximum atomic E-state index is 12.5. The second-order valence-corrected chi connectivity index (χ2v) is 4.06. The number of hydrogen-bond acceptors (Lipinski definition) is 0. The predicted octanol–water partition coefficient (Wildman–Crippen LogP) is 4.02. The highest BCUT2D eigenvalue weighted by Gasteiger charge is 2.06. The maximum absolute atomic E-state index is 12.5. The summed E-state index contributed by atoms with van der Waals surface area (Å²) in [6, 6.07) is 6.42. The fourth-order valence-corrected chi connectivity index (χ4v) is 1.70. The Morgan fingerprint density at radius 2 is 2.00 bits per heavy atom. The summed E-state index contributed by atoms with van der Waals surface area (Å²) in [5.41, 5.74) is 3.71. The van der Waals surface area contributed by atoms with Gasteiger partial charge in [0.25, 0.3) is 0 Å². The van der Waals surface area contributed by atoms with E-state index >= 15 is 0 Å². The van der Waals surface area contributed by atoms with Crippen LogP contribution in [0.15, 0.2) is 18.2 Å². The van der Waals surface area contributed by atoms with Crippen LogP contribution in [0.5, 0.6) is 0 Å². The van der Waals surface area contributed by atoms with Crippen molar-refractivity contribution in [2.45, 2.75) is 39.5 Å². The first kappa shape index (κ1) is 11.2. The van der Waals surface area contributed by atoms with E-state index in [0.717, 1.165) is 18.4 Å². The van der Waals surface area contributed by atoms with Gasteiger partial charge >= 0.3 is 0 Å². The molecule has 0 amide bonds. The smallest absolute Gasteiger partial charge is 0.0960 e. The Morgan fingerprint density at radius 3 is 2.57 bits per heavy atom. The van der Waals surface area contributed by atoms with Gasteiger partial charge in [-0.05, 0) is 24.5 Å². The van der Waals surface area contributed by atoms with Crippen molar-refractivity contribution in [1.29, 1.82) is 0 Å². The third-order valence-corrected chi connectivity index (χ3v) is 2.50. The van der Waals surface area contributed by atoms with Gasteiger partial charge in [0.2, 0.25) is 0 Å². The fourth-order valence-electron chi connectivity index (χ4n) is 1.70. The lowest BCUT2D eigenvalue weighted by molar-refractivity contribution is 0.447. The molecule has 0 spiro atoms. The van der Waals surface area contributed by atoms with E-state index in [1.54, 1.807) is 0 Å². The van der Waals surface area contributed by atoms with E-state index in [1.165, 1.54) is 11.1 Å². The Morgan fingerprint density at radius 1 is 1.29 bits per heavy atom. The predicted molar refractivity (Wildman–Crippen MR) is 59.6 cm³/mol. The Labute approximate surface area is 86.2 Å². The van der Waals surface area contributed by atoms with Gasteiger partial charge in [-0.25, -0.2) is 0 Å². The zero-order chi connectivity index (χ0) is 10.6. The normalized spacial score (nSPS) is 12.9. The van der Waals surface area contributed by atoms with Gasteiger partial charge in [-0.2, -0.15) is 0 Å². The Balaban J connectivity index is 2.94. The summed E-state index contributed by atoms with van der Waals surface area (Å²) in [5, 5.41) is 0. The van der Waals surface area contributed by atoms with Crippen LogP contribution in [0.1, 0.15) is 42.9 Å². The van der Waals surface area contributed by atoms with E-state index in [1.807, 2.05) is 6.92 Å². The van der Waals surface area contributed by atoms with E-state index in [0.29, 0.717) is 0 Å². The van der Waals surface area contributed by atoms with Gasteiger partial charge in [0.05, 0.1) is 6.67 Å². The molecular formula is C13H19F.